The van der Waals surface area contributed by atoms with Gasteiger partial charge in [-0.1, -0.05) is 29.5 Å². The van der Waals surface area contributed by atoms with Gasteiger partial charge in [0.05, 0.1) is 15.1 Å². The third-order valence-electron chi connectivity index (χ3n) is 3.36. The second-order valence-corrected chi connectivity index (χ2v) is 7.90. The molecule has 1 amide bonds. The van der Waals surface area contributed by atoms with Gasteiger partial charge in [0, 0.05) is 12.1 Å². The highest BCUT2D eigenvalue weighted by atomic mass is 32.2. The number of fused-ring (bicyclic) bond motifs is 1. The molecular formula is C17H15N3O3S2. The Balaban J connectivity index is 1.75. The Morgan fingerprint density at radius 2 is 1.88 bits per heavy atom. The molecule has 0 unspecified atom stereocenters. The summed E-state index contributed by atoms with van der Waals surface area (Å²) in [5.74, 6) is -0.345. The molecule has 0 spiro atoms. The summed E-state index contributed by atoms with van der Waals surface area (Å²) in [6.07, 6.45) is 1.46. The monoisotopic (exact) mass is 373 g/mol. The van der Waals surface area contributed by atoms with Crippen molar-refractivity contribution in [3.05, 3.63) is 66.7 Å². The van der Waals surface area contributed by atoms with Crippen LogP contribution in [0, 0.1) is 0 Å². The van der Waals surface area contributed by atoms with Crippen LogP contribution in [0.15, 0.2) is 66.1 Å². The van der Waals surface area contributed by atoms with E-state index in [1.807, 2.05) is 24.3 Å². The minimum atomic E-state index is -3.60. The van der Waals surface area contributed by atoms with Crippen molar-refractivity contribution in [1.29, 1.82) is 0 Å². The van der Waals surface area contributed by atoms with Crippen molar-refractivity contribution in [2.75, 3.05) is 11.9 Å². The number of carbonyl (C=O) groups is 1. The summed E-state index contributed by atoms with van der Waals surface area (Å²) in [6, 6.07) is 13.3. The molecule has 1 heterocycles. The topological polar surface area (TPSA) is 88.2 Å². The number of anilines is 1. The first kappa shape index (κ1) is 17.3. The highest BCUT2D eigenvalue weighted by Gasteiger charge is 2.14. The zero-order valence-electron chi connectivity index (χ0n) is 13.1. The molecule has 0 saturated heterocycles. The minimum Gasteiger partial charge on any atom is -0.298 e. The molecule has 3 aromatic rings. The third-order valence-corrected chi connectivity index (χ3v) is 5.75. The van der Waals surface area contributed by atoms with E-state index in [0.29, 0.717) is 10.7 Å². The quantitative estimate of drug-likeness (QED) is 0.650. The maximum Gasteiger partial charge on any atom is 0.257 e. The van der Waals surface area contributed by atoms with E-state index in [2.05, 4.69) is 21.6 Å². The lowest BCUT2D eigenvalue weighted by atomic mass is 10.2. The second kappa shape index (κ2) is 7.14. The van der Waals surface area contributed by atoms with Gasteiger partial charge in [0.25, 0.3) is 5.91 Å². The molecule has 0 bridgehead atoms. The number of aromatic nitrogens is 1. The van der Waals surface area contributed by atoms with E-state index in [4.69, 9.17) is 0 Å². The molecule has 2 aromatic carbocycles. The molecule has 0 aliphatic carbocycles. The van der Waals surface area contributed by atoms with Crippen molar-refractivity contribution in [2.24, 2.45) is 0 Å². The first-order valence-electron chi connectivity index (χ1n) is 7.37. The van der Waals surface area contributed by atoms with Crippen LogP contribution in [0.3, 0.4) is 0 Å². The zero-order valence-corrected chi connectivity index (χ0v) is 14.7. The molecule has 1 aromatic heterocycles. The second-order valence-electron chi connectivity index (χ2n) is 5.11. The highest BCUT2D eigenvalue weighted by Crippen LogP contribution is 2.25. The fourth-order valence-corrected chi connectivity index (χ4v) is 3.99. The predicted molar refractivity (Wildman–Crippen MR) is 99.4 cm³/mol. The normalized spacial score (nSPS) is 11.4. The molecule has 0 saturated carbocycles. The molecule has 25 heavy (non-hydrogen) atoms. The average molecular weight is 373 g/mol. The van der Waals surface area contributed by atoms with Gasteiger partial charge in [-0.15, -0.1) is 6.58 Å². The number of benzene rings is 2. The molecule has 0 fully saturated rings. The van der Waals surface area contributed by atoms with Crippen molar-refractivity contribution < 1.29 is 13.2 Å². The van der Waals surface area contributed by atoms with E-state index < -0.39 is 10.0 Å². The number of hydrogen-bond donors (Lipinski definition) is 2. The van der Waals surface area contributed by atoms with Crippen LogP contribution in [0.1, 0.15) is 10.4 Å². The first-order valence-corrected chi connectivity index (χ1v) is 9.67. The number of carbonyl (C=O) groups excluding carboxylic acids is 1. The fourth-order valence-electron chi connectivity index (χ4n) is 2.13. The van der Waals surface area contributed by atoms with E-state index in [-0.39, 0.29) is 17.3 Å². The minimum absolute atomic E-state index is 0.0888. The Morgan fingerprint density at radius 3 is 2.56 bits per heavy atom. The van der Waals surface area contributed by atoms with Gasteiger partial charge in [0.2, 0.25) is 10.0 Å². The van der Waals surface area contributed by atoms with E-state index >= 15 is 0 Å². The number of thiazole rings is 1. The zero-order chi connectivity index (χ0) is 17.9. The van der Waals surface area contributed by atoms with Crippen LogP contribution in [-0.4, -0.2) is 25.9 Å². The van der Waals surface area contributed by atoms with Gasteiger partial charge in [-0.3, -0.25) is 10.1 Å². The molecule has 0 aliphatic rings. The number of hydrogen-bond acceptors (Lipinski definition) is 5. The molecule has 8 heteroatoms. The van der Waals surface area contributed by atoms with Gasteiger partial charge >= 0.3 is 0 Å². The first-order chi connectivity index (χ1) is 12.0. The van der Waals surface area contributed by atoms with Crippen molar-refractivity contribution in [3.8, 4) is 0 Å². The van der Waals surface area contributed by atoms with E-state index in [9.17, 15) is 13.2 Å². The Bertz CT molecular complexity index is 992. The Hall–Kier alpha value is -2.55. The maximum absolute atomic E-state index is 12.3. The number of nitrogens with one attached hydrogen (secondary N) is 2. The lowest BCUT2D eigenvalue weighted by Gasteiger charge is -2.06. The largest absolute Gasteiger partial charge is 0.298 e. The molecular weight excluding hydrogens is 358 g/mol. The van der Waals surface area contributed by atoms with Gasteiger partial charge in [0.15, 0.2) is 5.13 Å². The Morgan fingerprint density at radius 1 is 1.16 bits per heavy atom. The van der Waals surface area contributed by atoms with Crippen LogP contribution in [0.25, 0.3) is 10.2 Å². The average Bonchev–Trinajstić information content (AvgIpc) is 3.02. The van der Waals surface area contributed by atoms with Crippen molar-refractivity contribution in [3.63, 3.8) is 0 Å². The smallest absolute Gasteiger partial charge is 0.257 e. The summed E-state index contributed by atoms with van der Waals surface area (Å²) in [6.45, 7) is 3.61. The van der Waals surface area contributed by atoms with Crippen LogP contribution in [0.2, 0.25) is 0 Å². The molecule has 0 radical (unpaired) electrons. The van der Waals surface area contributed by atoms with E-state index in [1.54, 1.807) is 0 Å². The SMILES string of the molecule is C=CCNS(=O)(=O)c1ccc(C(=O)Nc2nc3ccccc3s2)cc1. The lowest BCUT2D eigenvalue weighted by Crippen LogP contribution is -2.23. The Kier molecular flexibility index (Phi) is 4.93. The standard InChI is InChI=1S/C17H15N3O3S2/c1-2-11-18-25(22,23)13-9-7-12(8-10-13)16(21)20-17-19-14-5-3-4-6-15(14)24-17/h2-10,18H,1,11H2,(H,19,20,21). The number of nitrogens with zero attached hydrogens (tertiary/aromatic N) is 1. The summed E-state index contributed by atoms with van der Waals surface area (Å²) < 4.78 is 27.3. The maximum atomic E-state index is 12.3. The molecule has 6 nitrogen and oxygen atoms in total. The van der Waals surface area contributed by atoms with Gasteiger partial charge < -0.3 is 0 Å². The van der Waals surface area contributed by atoms with Gasteiger partial charge in [-0.25, -0.2) is 18.1 Å². The lowest BCUT2D eigenvalue weighted by molar-refractivity contribution is 0.102. The molecule has 3 rings (SSSR count). The van der Waals surface area contributed by atoms with Crippen LogP contribution >= 0.6 is 11.3 Å². The van der Waals surface area contributed by atoms with Crippen LogP contribution in [0.4, 0.5) is 5.13 Å². The number of rotatable bonds is 6. The Labute approximate surface area is 149 Å². The van der Waals surface area contributed by atoms with Gasteiger partial charge in [0.1, 0.15) is 0 Å². The molecule has 128 valence electrons. The predicted octanol–water partition coefficient (Wildman–Crippen LogP) is 3.01. The summed E-state index contributed by atoms with van der Waals surface area (Å²) >= 11 is 1.38. The van der Waals surface area contributed by atoms with E-state index in [0.717, 1.165) is 10.2 Å². The third kappa shape index (κ3) is 3.93. The van der Waals surface area contributed by atoms with Crippen molar-refractivity contribution in [1.82, 2.24) is 9.71 Å². The van der Waals surface area contributed by atoms with Crippen molar-refractivity contribution >= 4 is 42.6 Å². The number of para-hydroxylation sites is 1. The summed E-state index contributed by atoms with van der Waals surface area (Å²) in [4.78, 5) is 16.7. The number of amides is 1. The van der Waals surface area contributed by atoms with Gasteiger partial charge in [-0.2, -0.15) is 0 Å². The molecule has 0 aliphatic heterocycles. The number of sulfonamides is 1. The summed E-state index contributed by atoms with van der Waals surface area (Å²) in [7, 11) is -3.60. The summed E-state index contributed by atoms with van der Waals surface area (Å²) in [5.41, 5.74) is 1.17. The highest BCUT2D eigenvalue weighted by molar-refractivity contribution is 7.89. The molecule has 0 atom stereocenters. The van der Waals surface area contributed by atoms with Crippen molar-refractivity contribution in [2.45, 2.75) is 4.90 Å². The van der Waals surface area contributed by atoms with Crippen LogP contribution in [0.5, 0.6) is 0 Å². The molecule has 2 N–H and O–H groups in total. The van der Waals surface area contributed by atoms with Crippen LogP contribution < -0.4 is 10.0 Å². The fraction of sp³-hybridized carbons (Fsp3) is 0.0588. The summed E-state index contributed by atoms with van der Waals surface area (Å²) in [5, 5.41) is 3.23. The van der Waals surface area contributed by atoms with E-state index in [1.165, 1.54) is 41.7 Å². The van der Waals surface area contributed by atoms with Crippen LogP contribution in [-0.2, 0) is 10.0 Å². The van der Waals surface area contributed by atoms with Gasteiger partial charge in [-0.05, 0) is 36.4 Å².